The number of methoxy groups -OCH3 is 2. The van der Waals surface area contributed by atoms with E-state index in [0.29, 0.717) is 23.7 Å². The number of hydrogen-bond donors (Lipinski definition) is 1. The van der Waals surface area contributed by atoms with Gasteiger partial charge in [0.05, 0.1) is 31.6 Å². The van der Waals surface area contributed by atoms with E-state index in [9.17, 15) is 4.79 Å². The standard InChI is InChI=1S/C17H21N3O4/c1-11-9-16(24-19-11)14-5-4-8-20(14)17(21)18-13-10-12(22-2)6-7-15(13)23-3/h6-7,9-10,14H,4-5,8H2,1-3H3,(H,18,21)/t14-/m1/s1. The average Bonchev–Trinajstić information content (AvgIpc) is 3.23. The molecular weight excluding hydrogens is 310 g/mol. The third kappa shape index (κ3) is 3.15. The van der Waals surface area contributed by atoms with E-state index in [2.05, 4.69) is 10.5 Å². The van der Waals surface area contributed by atoms with Gasteiger partial charge in [-0.25, -0.2) is 4.79 Å². The van der Waals surface area contributed by atoms with Crippen LogP contribution in [0.15, 0.2) is 28.8 Å². The van der Waals surface area contributed by atoms with Crippen LogP contribution in [-0.2, 0) is 0 Å². The molecule has 1 saturated heterocycles. The molecule has 0 unspecified atom stereocenters. The lowest BCUT2D eigenvalue weighted by Crippen LogP contribution is -2.34. The number of rotatable bonds is 4. The fourth-order valence-electron chi connectivity index (χ4n) is 2.94. The Balaban J connectivity index is 1.79. The average molecular weight is 331 g/mol. The number of nitrogens with one attached hydrogen (secondary N) is 1. The molecule has 2 amide bonds. The van der Waals surface area contributed by atoms with Gasteiger partial charge in [-0.2, -0.15) is 0 Å². The van der Waals surface area contributed by atoms with Gasteiger partial charge in [0.15, 0.2) is 5.76 Å². The molecule has 2 aromatic rings. The van der Waals surface area contributed by atoms with Crippen molar-refractivity contribution in [1.82, 2.24) is 10.1 Å². The molecule has 0 saturated carbocycles. The van der Waals surface area contributed by atoms with Crippen LogP contribution < -0.4 is 14.8 Å². The Kier molecular flexibility index (Phi) is 4.59. The number of aryl methyl sites for hydroxylation is 1. The predicted octanol–water partition coefficient (Wildman–Crippen LogP) is 3.37. The minimum Gasteiger partial charge on any atom is -0.497 e. The van der Waals surface area contributed by atoms with Crippen LogP contribution in [0, 0.1) is 6.92 Å². The second-order valence-electron chi connectivity index (χ2n) is 5.72. The van der Waals surface area contributed by atoms with Crippen LogP contribution in [-0.4, -0.2) is 36.9 Å². The first kappa shape index (κ1) is 16.2. The topological polar surface area (TPSA) is 76.8 Å². The Hall–Kier alpha value is -2.70. The molecule has 1 N–H and O–H groups in total. The van der Waals surface area contributed by atoms with Crippen molar-refractivity contribution in [3.63, 3.8) is 0 Å². The van der Waals surface area contributed by atoms with Gasteiger partial charge >= 0.3 is 6.03 Å². The van der Waals surface area contributed by atoms with E-state index in [1.807, 2.05) is 13.0 Å². The fourth-order valence-corrected chi connectivity index (χ4v) is 2.94. The summed E-state index contributed by atoms with van der Waals surface area (Å²) in [7, 11) is 3.14. The highest BCUT2D eigenvalue weighted by molar-refractivity contribution is 5.91. The molecule has 1 atom stereocenters. The van der Waals surface area contributed by atoms with E-state index < -0.39 is 0 Å². The number of hydrogen-bond acceptors (Lipinski definition) is 5. The quantitative estimate of drug-likeness (QED) is 0.929. The number of nitrogens with zero attached hydrogens (tertiary/aromatic N) is 2. The van der Waals surface area contributed by atoms with Crippen LogP contribution in [0.25, 0.3) is 0 Å². The molecule has 2 heterocycles. The monoisotopic (exact) mass is 331 g/mol. The van der Waals surface area contributed by atoms with Gasteiger partial charge in [-0.3, -0.25) is 0 Å². The molecule has 0 bridgehead atoms. The summed E-state index contributed by atoms with van der Waals surface area (Å²) in [6, 6.07) is 6.86. The van der Waals surface area contributed by atoms with E-state index in [-0.39, 0.29) is 12.1 Å². The summed E-state index contributed by atoms with van der Waals surface area (Å²) in [6.07, 6.45) is 1.78. The first-order valence-electron chi connectivity index (χ1n) is 7.85. The summed E-state index contributed by atoms with van der Waals surface area (Å²) in [5.41, 5.74) is 1.38. The van der Waals surface area contributed by atoms with Gasteiger partial charge in [-0.1, -0.05) is 5.16 Å². The summed E-state index contributed by atoms with van der Waals surface area (Å²) in [6.45, 7) is 2.54. The molecule has 1 aromatic carbocycles. The highest BCUT2D eigenvalue weighted by atomic mass is 16.5. The summed E-state index contributed by atoms with van der Waals surface area (Å²) in [5.74, 6) is 1.95. The first-order valence-corrected chi connectivity index (χ1v) is 7.85. The number of urea groups is 1. The minimum absolute atomic E-state index is 0.0946. The second kappa shape index (κ2) is 6.82. The molecule has 0 spiro atoms. The van der Waals surface area contributed by atoms with E-state index >= 15 is 0 Å². The Morgan fingerprint density at radius 3 is 2.83 bits per heavy atom. The van der Waals surface area contributed by atoms with Crippen molar-refractivity contribution >= 4 is 11.7 Å². The summed E-state index contributed by atoms with van der Waals surface area (Å²) in [4.78, 5) is 14.5. The normalized spacial score (nSPS) is 17.0. The Morgan fingerprint density at radius 2 is 2.17 bits per heavy atom. The number of benzene rings is 1. The zero-order valence-corrected chi connectivity index (χ0v) is 14.0. The zero-order valence-electron chi connectivity index (χ0n) is 14.0. The number of carbonyl (C=O) groups is 1. The van der Waals surface area contributed by atoms with Gasteiger partial charge in [0.2, 0.25) is 0 Å². The van der Waals surface area contributed by atoms with E-state index in [1.54, 1.807) is 37.3 Å². The molecule has 3 rings (SSSR count). The molecule has 1 fully saturated rings. The van der Waals surface area contributed by atoms with Crippen molar-refractivity contribution in [2.75, 3.05) is 26.1 Å². The maximum atomic E-state index is 12.7. The maximum Gasteiger partial charge on any atom is 0.322 e. The van der Waals surface area contributed by atoms with E-state index in [1.165, 1.54) is 0 Å². The largest absolute Gasteiger partial charge is 0.497 e. The molecule has 0 aliphatic carbocycles. The highest BCUT2D eigenvalue weighted by Gasteiger charge is 2.33. The molecule has 24 heavy (non-hydrogen) atoms. The Bertz CT molecular complexity index is 728. The van der Waals surface area contributed by atoms with Gasteiger partial charge in [0, 0.05) is 18.7 Å². The molecule has 1 aliphatic rings. The molecule has 7 heteroatoms. The molecular formula is C17H21N3O4. The van der Waals surface area contributed by atoms with Crippen molar-refractivity contribution in [3.8, 4) is 11.5 Å². The van der Waals surface area contributed by atoms with Crippen molar-refractivity contribution in [2.24, 2.45) is 0 Å². The molecule has 1 aromatic heterocycles. The van der Waals surface area contributed by atoms with Gasteiger partial charge in [0.1, 0.15) is 11.5 Å². The zero-order chi connectivity index (χ0) is 17.1. The van der Waals surface area contributed by atoms with Crippen LogP contribution >= 0.6 is 0 Å². The van der Waals surface area contributed by atoms with Crippen LogP contribution in [0.2, 0.25) is 0 Å². The van der Waals surface area contributed by atoms with Crippen molar-refractivity contribution in [1.29, 1.82) is 0 Å². The third-order valence-corrected chi connectivity index (χ3v) is 4.14. The lowest BCUT2D eigenvalue weighted by Gasteiger charge is -2.23. The third-order valence-electron chi connectivity index (χ3n) is 4.14. The number of anilines is 1. The van der Waals surface area contributed by atoms with Crippen LogP contribution in [0.4, 0.5) is 10.5 Å². The van der Waals surface area contributed by atoms with E-state index in [0.717, 1.165) is 24.3 Å². The second-order valence-corrected chi connectivity index (χ2v) is 5.72. The Labute approximate surface area is 140 Å². The summed E-state index contributed by atoms with van der Waals surface area (Å²) in [5, 5.41) is 6.82. The Morgan fingerprint density at radius 1 is 1.33 bits per heavy atom. The number of ether oxygens (including phenoxy) is 2. The van der Waals surface area contributed by atoms with Crippen molar-refractivity contribution < 1.29 is 18.8 Å². The van der Waals surface area contributed by atoms with E-state index in [4.69, 9.17) is 14.0 Å². The number of carbonyl (C=O) groups excluding carboxylic acids is 1. The molecule has 1 aliphatic heterocycles. The summed E-state index contributed by atoms with van der Waals surface area (Å²) < 4.78 is 15.9. The SMILES string of the molecule is COc1ccc(OC)c(NC(=O)N2CCC[C@@H]2c2cc(C)no2)c1. The summed E-state index contributed by atoms with van der Waals surface area (Å²) >= 11 is 0. The molecule has 7 nitrogen and oxygen atoms in total. The van der Waals surface area contributed by atoms with Gasteiger partial charge in [0.25, 0.3) is 0 Å². The number of likely N-dealkylation sites (tertiary alicyclic amines) is 1. The minimum atomic E-state index is -0.196. The fraction of sp³-hybridized carbons (Fsp3) is 0.412. The molecule has 0 radical (unpaired) electrons. The smallest absolute Gasteiger partial charge is 0.322 e. The van der Waals surface area contributed by atoms with Crippen molar-refractivity contribution in [2.45, 2.75) is 25.8 Å². The molecule has 128 valence electrons. The lowest BCUT2D eigenvalue weighted by molar-refractivity contribution is 0.195. The van der Waals surface area contributed by atoms with Crippen LogP contribution in [0.3, 0.4) is 0 Å². The van der Waals surface area contributed by atoms with Crippen LogP contribution in [0.1, 0.15) is 30.3 Å². The maximum absolute atomic E-state index is 12.7. The van der Waals surface area contributed by atoms with Crippen molar-refractivity contribution in [3.05, 3.63) is 35.7 Å². The predicted molar refractivity (Wildman–Crippen MR) is 88.5 cm³/mol. The van der Waals surface area contributed by atoms with Crippen LogP contribution in [0.5, 0.6) is 11.5 Å². The lowest BCUT2D eigenvalue weighted by atomic mass is 10.1. The van der Waals surface area contributed by atoms with Gasteiger partial charge in [-0.05, 0) is 31.9 Å². The number of aromatic nitrogens is 1. The van der Waals surface area contributed by atoms with Gasteiger partial charge in [-0.15, -0.1) is 0 Å². The van der Waals surface area contributed by atoms with Gasteiger partial charge < -0.3 is 24.2 Å². The first-order chi connectivity index (χ1) is 11.6. The number of amides is 2. The highest BCUT2D eigenvalue weighted by Crippen LogP contribution is 2.34.